The standard InChI is InChI=1S/C31H45N6O16P/c1-13-22-14(2)36(12-37(22)23-27(33-13)34-31(32)35-28(23)45)16-5-3-15(4-6-16)9-17(38)24(42)18(39)10-50-30-26(44)25(43)20(52-30)11-51-54(48,49)53-19(29(46)47)7-8-21(40)41/h3-6,13-14,17-20,22,24-26,30,38-39,42-44H,7-12H2,1-2H3,(H,40,41)(H,46,47)(H,48,49)(H4,32,33,34,35,45)/p-3/t13?,14?,17?,18?,19?,20-,22?,24?,25-,26-,30+/m1/s1. The number of aromatic nitrogens is 2. The summed E-state index contributed by atoms with van der Waals surface area (Å²) in [4.78, 5) is 57.4. The Labute approximate surface area is 307 Å². The number of nitrogens with zero attached hydrogens (tertiary/aromatic N) is 3. The first-order chi connectivity index (χ1) is 25.4. The summed E-state index contributed by atoms with van der Waals surface area (Å²) in [7, 11) is -5.42. The Bertz CT molecular complexity index is 1750. The highest BCUT2D eigenvalue weighted by Crippen LogP contribution is 2.42. The van der Waals surface area contributed by atoms with Crippen molar-refractivity contribution in [3.05, 3.63) is 40.2 Å². The van der Waals surface area contributed by atoms with Crippen molar-refractivity contribution in [1.29, 1.82) is 0 Å². The van der Waals surface area contributed by atoms with Crippen molar-refractivity contribution in [3.8, 4) is 0 Å². The molecule has 2 saturated heterocycles. The molecule has 8 unspecified atom stereocenters. The molecule has 1 aromatic heterocycles. The Kier molecular flexibility index (Phi) is 12.9. The van der Waals surface area contributed by atoms with E-state index in [-0.39, 0.29) is 36.1 Å². The van der Waals surface area contributed by atoms with E-state index in [1.54, 1.807) is 12.1 Å². The minimum Gasteiger partial charge on any atom is -0.756 e. The second-order valence-corrected chi connectivity index (χ2v) is 14.7. The maximum Gasteiger partial charge on any atom is 0.278 e. The van der Waals surface area contributed by atoms with Crippen LogP contribution in [0.4, 0.5) is 23.1 Å². The normalized spacial score (nSPS) is 28.3. The van der Waals surface area contributed by atoms with Crippen LogP contribution in [0.3, 0.4) is 0 Å². The molecule has 0 bridgehead atoms. The number of benzene rings is 1. The number of phosphoric ester groups is 1. The SMILES string of the molecule is CC1Nc2nc(N)[nH]c(=O)c2N2CN(c3ccc(CC(O)C(O)C(O)CO[C@H]4O[C@H](COP(=O)([O-])OC(CCC(=O)[O-])C(=O)[O-])[C@@H](O)[C@H]4O)cc3)C(C)C12. The molecule has 5 rings (SSSR count). The monoisotopic (exact) mass is 785 g/mol. The maximum absolute atomic E-state index is 12.8. The lowest BCUT2D eigenvalue weighted by Gasteiger charge is -2.37. The number of nitrogens with one attached hydrogen (secondary N) is 2. The predicted octanol–water partition coefficient (Wildman–Crippen LogP) is -5.55. The van der Waals surface area contributed by atoms with Crippen molar-refractivity contribution in [3.63, 3.8) is 0 Å². The van der Waals surface area contributed by atoms with Gasteiger partial charge in [0.25, 0.3) is 13.4 Å². The number of hydrogen-bond acceptors (Lipinski definition) is 21. The zero-order chi connectivity index (χ0) is 39.6. The summed E-state index contributed by atoms with van der Waals surface area (Å²) in [5.74, 6) is -3.28. The van der Waals surface area contributed by atoms with Crippen LogP contribution >= 0.6 is 7.82 Å². The molecule has 4 heterocycles. The molecule has 1 aromatic carbocycles. The molecule has 0 radical (unpaired) electrons. The van der Waals surface area contributed by atoms with Gasteiger partial charge in [-0.25, -0.2) is 0 Å². The molecule has 0 aliphatic carbocycles. The number of carbonyl (C=O) groups is 2. The van der Waals surface area contributed by atoms with Gasteiger partial charge in [0, 0.05) is 24.1 Å². The molecular formula is C31H42N6O16P-3. The Morgan fingerprint density at radius 3 is 2.44 bits per heavy atom. The van der Waals surface area contributed by atoms with Crippen LogP contribution in [0.15, 0.2) is 29.1 Å². The number of carboxylic acids is 2. The molecule has 0 spiro atoms. The molecule has 300 valence electrons. The number of nitrogen functional groups attached to an aromatic ring is 1. The number of nitrogens with two attached hydrogens (primary N) is 1. The lowest BCUT2D eigenvalue weighted by atomic mass is 9.98. The van der Waals surface area contributed by atoms with Crippen LogP contribution in [0.25, 0.3) is 0 Å². The van der Waals surface area contributed by atoms with Gasteiger partial charge in [0.1, 0.15) is 42.3 Å². The quantitative estimate of drug-likeness (QED) is 0.0693. The van der Waals surface area contributed by atoms with Gasteiger partial charge >= 0.3 is 0 Å². The molecule has 2 fully saturated rings. The zero-order valence-corrected chi connectivity index (χ0v) is 29.9. The topological polar surface area (TPSA) is 349 Å². The predicted molar refractivity (Wildman–Crippen MR) is 178 cm³/mol. The van der Waals surface area contributed by atoms with Gasteiger partial charge in [-0.05, 0) is 44.4 Å². The third-order valence-corrected chi connectivity index (χ3v) is 10.5. The van der Waals surface area contributed by atoms with Crippen molar-refractivity contribution in [2.75, 3.05) is 40.7 Å². The third-order valence-electron chi connectivity index (χ3n) is 9.51. The van der Waals surface area contributed by atoms with E-state index in [9.17, 15) is 59.6 Å². The van der Waals surface area contributed by atoms with Crippen LogP contribution in [0, 0.1) is 0 Å². The Morgan fingerprint density at radius 1 is 1.11 bits per heavy atom. The van der Waals surface area contributed by atoms with E-state index in [0.29, 0.717) is 23.7 Å². The highest BCUT2D eigenvalue weighted by atomic mass is 31.2. The second-order valence-electron chi connectivity index (χ2n) is 13.3. The van der Waals surface area contributed by atoms with E-state index in [4.69, 9.17) is 15.2 Å². The van der Waals surface area contributed by atoms with Crippen molar-refractivity contribution in [2.24, 2.45) is 0 Å². The lowest BCUT2D eigenvalue weighted by Crippen LogP contribution is -2.52. The average molecular weight is 786 g/mol. The first kappa shape index (κ1) is 41.2. The summed E-state index contributed by atoms with van der Waals surface area (Å²) in [6.07, 6.45) is -15.7. The van der Waals surface area contributed by atoms with Crippen LogP contribution in [0.1, 0.15) is 32.3 Å². The summed E-state index contributed by atoms with van der Waals surface area (Å²) in [5, 5.41) is 77.3. The number of anilines is 4. The van der Waals surface area contributed by atoms with Gasteiger partial charge in [-0.2, -0.15) is 4.98 Å². The van der Waals surface area contributed by atoms with Gasteiger partial charge in [0.15, 0.2) is 12.1 Å². The van der Waals surface area contributed by atoms with Crippen molar-refractivity contribution in [1.82, 2.24) is 9.97 Å². The minimum atomic E-state index is -5.42. The molecular weight excluding hydrogens is 743 g/mol. The lowest BCUT2D eigenvalue weighted by molar-refractivity contribution is -0.319. The van der Waals surface area contributed by atoms with E-state index in [1.807, 2.05) is 30.9 Å². The molecule has 0 saturated carbocycles. The largest absolute Gasteiger partial charge is 0.756 e. The first-order valence-electron chi connectivity index (χ1n) is 16.9. The smallest absolute Gasteiger partial charge is 0.278 e. The van der Waals surface area contributed by atoms with E-state index >= 15 is 0 Å². The number of carboxylic acid groups (broad SMARTS) is 2. The number of H-pyrrole nitrogens is 1. The number of aromatic amines is 1. The number of aliphatic hydroxyl groups excluding tert-OH is 5. The van der Waals surface area contributed by atoms with Crippen molar-refractivity contribution >= 4 is 42.9 Å². The van der Waals surface area contributed by atoms with Gasteiger partial charge in [-0.15, -0.1) is 0 Å². The first-order valence-corrected chi connectivity index (χ1v) is 18.3. The van der Waals surface area contributed by atoms with Gasteiger partial charge in [-0.3, -0.25) is 14.3 Å². The number of fused-ring (bicyclic) bond motifs is 3. The molecule has 9 N–H and O–H groups in total. The summed E-state index contributed by atoms with van der Waals surface area (Å²) in [6, 6.07) is 7.00. The summed E-state index contributed by atoms with van der Waals surface area (Å²) in [5.41, 5.74) is 7.23. The maximum atomic E-state index is 12.8. The highest BCUT2D eigenvalue weighted by Gasteiger charge is 2.46. The van der Waals surface area contributed by atoms with Crippen LogP contribution in [0.5, 0.6) is 0 Å². The molecule has 3 aliphatic heterocycles. The van der Waals surface area contributed by atoms with Gasteiger partial charge in [0.2, 0.25) is 5.95 Å². The number of aliphatic carboxylic acids is 2. The molecule has 0 amide bonds. The molecule has 12 atom stereocenters. The number of ether oxygens (including phenoxy) is 2. The highest BCUT2D eigenvalue weighted by molar-refractivity contribution is 7.45. The fourth-order valence-electron chi connectivity index (χ4n) is 6.75. The third kappa shape index (κ3) is 9.29. The number of carbonyl (C=O) groups excluding carboxylic acids is 2. The summed E-state index contributed by atoms with van der Waals surface area (Å²) in [6.45, 7) is 2.73. The Morgan fingerprint density at radius 2 is 1.80 bits per heavy atom. The Balaban J connectivity index is 1.10. The van der Waals surface area contributed by atoms with Gasteiger partial charge < -0.3 is 89.6 Å². The number of aliphatic hydroxyl groups is 5. The van der Waals surface area contributed by atoms with E-state index in [2.05, 4.69) is 29.2 Å². The minimum absolute atomic E-state index is 0.0112. The molecule has 54 heavy (non-hydrogen) atoms. The van der Waals surface area contributed by atoms with Crippen LogP contribution < -0.4 is 41.5 Å². The fourth-order valence-corrected chi connectivity index (χ4v) is 7.64. The van der Waals surface area contributed by atoms with Gasteiger partial charge in [0.05, 0.1) is 44.0 Å². The second kappa shape index (κ2) is 16.8. The van der Waals surface area contributed by atoms with Crippen LogP contribution in [-0.2, 0) is 39.1 Å². The summed E-state index contributed by atoms with van der Waals surface area (Å²) >= 11 is 0. The number of phosphoric acid groups is 1. The number of rotatable bonds is 17. The average Bonchev–Trinajstić information content (AvgIpc) is 3.58. The van der Waals surface area contributed by atoms with E-state index in [1.165, 1.54) is 0 Å². The van der Waals surface area contributed by atoms with Crippen LogP contribution in [-0.4, -0.2) is 134 Å². The Hall–Kier alpha value is -3.93. The molecule has 22 nitrogen and oxygen atoms in total. The van der Waals surface area contributed by atoms with Crippen molar-refractivity contribution < 1.29 is 73.3 Å². The summed E-state index contributed by atoms with van der Waals surface area (Å²) < 4.78 is 31.5. The number of hydrogen-bond donors (Lipinski definition) is 8. The van der Waals surface area contributed by atoms with Gasteiger partial charge in [-0.1, -0.05) is 12.1 Å². The fraction of sp³-hybridized carbons (Fsp3) is 0.613. The van der Waals surface area contributed by atoms with E-state index < -0.39 is 94.8 Å². The molecule has 3 aliphatic rings. The van der Waals surface area contributed by atoms with Crippen molar-refractivity contribution in [2.45, 2.75) is 100 Å². The molecule has 23 heteroatoms. The van der Waals surface area contributed by atoms with E-state index in [0.717, 1.165) is 5.69 Å². The zero-order valence-electron chi connectivity index (χ0n) is 29.0. The molecule has 2 aromatic rings. The van der Waals surface area contributed by atoms with Crippen LogP contribution in [0.2, 0.25) is 0 Å².